The lowest BCUT2D eigenvalue weighted by Crippen LogP contribution is -2.56. The van der Waals surface area contributed by atoms with Crippen LogP contribution in [0.2, 0.25) is 0 Å². The van der Waals surface area contributed by atoms with Gasteiger partial charge in [-0.25, -0.2) is 4.85 Å². The Morgan fingerprint density at radius 2 is 2.14 bits per heavy atom. The molecule has 2 amide bonds. The standard InChI is InChI=1S/C21H24N6O2/c1-24-15-6-4-14(5-7-15)11-27-17-9-19(21(27)29)25(12-17)13-18(23)20(28)26-8-2-3-16(26)10-22/h4-7,16-19H,2-3,8-9,11-13,23H2/t16-,17?,18-,19+/m0/s1. The van der Waals surface area contributed by atoms with Crippen molar-refractivity contribution < 1.29 is 9.59 Å². The number of nitrogens with zero attached hydrogens (tertiary/aromatic N) is 5. The summed E-state index contributed by atoms with van der Waals surface area (Å²) >= 11 is 0. The maximum atomic E-state index is 12.9. The number of carbonyl (C=O) groups excluding carboxylic acids is 2. The average molecular weight is 392 g/mol. The summed E-state index contributed by atoms with van der Waals surface area (Å²) in [7, 11) is 0. The second kappa shape index (κ2) is 7.82. The highest BCUT2D eigenvalue weighted by molar-refractivity contribution is 5.86. The molecule has 1 aromatic rings. The molecule has 2 bridgehead atoms. The minimum Gasteiger partial charge on any atom is -0.333 e. The summed E-state index contributed by atoms with van der Waals surface area (Å²) in [5, 5.41) is 9.19. The van der Waals surface area contributed by atoms with Gasteiger partial charge in [-0.15, -0.1) is 0 Å². The molecule has 29 heavy (non-hydrogen) atoms. The highest BCUT2D eigenvalue weighted by Gasteiger charge is 2.50. The molecule has 4 rings (SSSR count). The number of benzene rings is 1. The van der Waals surface area contributed by atoms with E-state index in [0.29, 0.717) is 38.3 Å². The van der Waals surface area contributed by atoms with Crippen LogP contribution in [0.5, 0.6) is 0 Å². The largest absolute Gasteiger partial charge is 0.333 e. The molecule has 150 valence electrons. The lowest BCUT2D eigenvalue weighted by Gasteiger charge is -2.35. The number of amides is 2. The summed E-state index contributed by atoms with van der Waals surface area (Å²) in [5.74, 6) is -0.118. The van der Waals surface area contributed by atoms with Crippen LogP contribution in [0.15, 0.2) is 24.3 Å². The monoisotopic (exact) mass is 392 g/mol. The lowest BCUT2D eigenvalue weighted by atomic mass is 10.1. The number of likely N-dealkylation sites (tertiary alicyclic amines) is 3. The van der Waals surface area contributed by atoms with E-state index in [0.717, 1.165) is 18.4 Å². The minimum atomic E-state index is -0.717. The fourth-order valence-corrected chi connectivity index (χ4v) is 4.72. The molecule has 2 N–H and O–H groups in total. The zero-order valence-electron chi connectivity index (χ0n) is 16.2. The lowest BCUT2D eigenvalue weighted by molar-refractivity contribution is -0.139. The van der Waals surface area contributed by atoms with Gasteiger partial charge in [-0.2, -0.15) is 5.26 Å². The van der Waals surface area contributed by atoms with Gasteiger partial charge in [-0.05, 0) is 24.8 Å². The first-order valence-electron chi connectivity index (χ1n) is 9.98. The third kappa shape index (κ3) is 3.57. The first kappa shape index (κ1) is 19.4. The number of hydrogen-bond donors (Lipinski definition) is 1. The van der Waals surface area contributed by atoms with Crippen molar-refractivity contribution >= 4 is 17.5 Å². The summed E-state index contributed by atoms with van der Waals surface area (Å²) in [6, 6.07) is 8.28. The molecule has 0 spiro atoms. The minimum absolute atomic E-state index is 0.0752. The SMILES string of the molecule is [C-]#[N+]c1ccc(CN2C(=O)[C@H]3CC2CN3C[C@H](N)C(=O)N2CCC[C@H]2C#N)cc1. The maximum absolute atomic E-state index is 12.9. The molecule has 3 aliphatic heterocycles. The number of nitriles is 1. The Balaban J connectivity index is 1.35. The van der Waals surface area contributed by atoms with Crippen molar-refractivity contribution in [3.8, 4) is 6.07 Å². The Hall–Kier alpha value is -2.94. The Kier molecular flexibility index (Phi) is 5.23. The van der Waals surface area contributed by atoms with E-state index in [2.05, 4.69) is 10.9 Å². The molecule has 3 fully saturated rings. The van der Waals surface area contributed by atoms with Crippen LogP contribution in [0.3, 0.4) is 0 Å². The predicted octanol–water partition coefficient (Wildman–Crippen LogP) is 0.864. The van der Waals surface area contributed by atoms with Gasteiger partial charge in [0, 0.05) is 32.2 Å². The van der Waals surface area contributed by atoms with Gasteiger partial charge in [0.05, 0.1) is 24.7 Å². The second-order valence-electron chi connectivity index (χ2n) is 8.03. The van der Waals surface area contributed by atoms with Gasteiger partial charge in [0.25, 0.3) is 0 Å². The Labute approximate surface area is 170 Å². The van der Waals surface area contributed by atoms with Crippen molar-refractivity contribution in [1.29, 1.82) is 5.26 Å². The molecule has 4 atom stereocenters. The Morgan fingerprint density at radius 3 is 2.79 bits per heavy atom. The first-order chi connectivity index (χ1) is 14.0. The zero-order valence-corrected chi connectivity index (χ0v) is 16.2. The smallest absolute Gasteiger partial charge is 0.241 e. The fourth-order valence-electron chi connectivity index (χ4n) is 4.72. The van der Waals surface area contributed by atoms with E-state index in [-0.39, 0.29) is 29.9 Å². The van der Waals surface area contributed by atoms with Gasteiger partial charge in [0.2, 0.25) is 11.8 Å². The van der Waals surface area contributed by atoms with Crippen LogP contribution >= 0.6 is 0 Å². The number of fused-ring (bicyclic) bond motifs is 2. The molecule has 1 aromatic carbocycles. The van der Waals surface area contributed by atoms with Crippen LogP contribution in [0.25, 0.3) is 4.85 Å². The van der Waals surface area contributed by atoms with Crippen LogP contribution in [0, 0.1) is 17.9 Å². The first-order valence-corrected chi connectivity index (χ1v) is 9.98. The number of hydrogen-bond acceptors (Lipinski definition) is 5. The van der Waals surface area contributed by atoms with Crippen molar-refractivity contribution in [3.63, 3.8) is 0 Å². The molecule has 1 unspecified atom stereocenters. The highest BCUT2D eigenvalue weighted by atomic mass is 16.2. The third-order valence-corrected chi connectivity index (χ3v) is 6.24. The van der Waals surface area contributed by atoms with Crippen LogP contribution in [0.1, 0.15) is 24.8 Å². The Bertz CT molecular complexity index is 886. The molecule has 0 aromatic heterocycles. The predicted molar refractivity (Wildman–Crippen MR) is 105 cm³/mol. The molecule has 3 saturated heterocycles. The average Bonchev–Trinajstić information content (AvgIpc) is 3.44. The van der Waals surface area contributed by atoms with Gasteiger partial charge in [0.1, 0.15) is 6.04 Å². The summed E-state index contributed by atoms with van der Waals surface area (Å²) in [4.78, 5) is 34.4. The number of rotatable bonds is 5. The van der Waals surface area contributed by atoms with Crippen molar-refractivity contribution in [2.75, 3.05) is 19.6 Å². The third-order valence-electron chi connectivity index (χ3n) is 6.24. The molecular formula is C21H24N6O2. The summed E-state index contributed by atoms with van der Waals surface area (Å²) in [5.41, 5.74) is 7.76. The van der Waals surface area contributed by atoms with Gasteiger partial charge in [-0.3, -0.25) is 14.5 Å². The zero-order chi connectivity index (χ0) is 20.5. The molecule has 3 heterocycles. The van der Waals surface area contributed by atoms with E-state index >= 15 is 0 Å². The Morgan fingerprint density at radius 1 is 1.38 bits per heavy atom. The normalized spacial score (nSPS) is 27.1. The van der Waals surface area contributed by atoms with E-state index in [1.807, 2.05) is 21.9 Å². The van der Waals surface area contributed by atoms with Crippen molar-refractivity contribution in [2.24, 2.45) is 5.73 Å². The molecule has 8 heteroatoms. The molecule has 8 nitrogen and oxygen atoms in total. The highest BCUT2D eigenvalue weighted by Crippen LogP contribution is 2.33. The number of nitrogens with two attached hydrogens (primary N) is 1. The number of carbonyl (C=O) groups is 2. The topological polar surface area (TPSA) is 98.0 Å². The molecule has 3 aliphatic rings. The van der Waals surface area contributed by atoms with Crippen molar-refractivity contribution in [1.82, 2.24) is 14.7 Å². The maximum Gasteiger partial charge on any atom is 0.241 e. The van der Waals surface area contributed by atoms with Gasteiger partial charge in [0.15, 0.2) is 5.69 Å². The quantitative estimate of drug-likeness (QED) is 0.750. The van der Waals surface area contributed by atoms with Gasteiger partial charge < -0.3 is 15.5 Å². The van der Waals surface area contributed by atoms with E-state index in [4.69, 9.17) is 12.3 Å². The molecule has 0 aliphatic carbocycles. The van der Waals surface area contributed by atoms with E-state index < -0.39 is 6.04 Å². The van der Waals surface area contributed by atoms with Crippen molar-refractivity contribution in [2.45, 2.75) is 50.0 Å². The van der Waals surface area contributed by atoms with Gasteiger partial charge >= 0.3 is 0 Å². The van der Waals surface area contributed by atoms with Crippen LogP contribution in [-0.4, -0.2) is 70.3 Å². The van der Waals surface area contributed by atoms with E-state index in [1.54, 1.807) is 17.0 Å². The second-order valence-corrected chi connectivity index (χ2v) is 8.03. The van der Waals surface area contributed by atoms with Crippen molar-refractivity contribution in [3.05, 3.63) is 41.2 Å². The van der Waals surface area contributed by atoms with E-state index in [1.165, 1.54) is 0 Å². The van der Waals surface area contributed by atoms with Gasteiger partial charge in [-0.1, -0.05) is 24.3 Å². The summed E-state index contributed by atoms with van der Waals surface area (Å²) in [6.45, 7) is 9.19. The van der Waals surface area contributed by atoms with Crippen LogP contribution in [0.4, 0.5) is 5.69 Å². The fraction of sp³-hybridized carbons (Fsp3) is 0.524. The molecular weight excluding hydrogens is 368 g/mol. The molecule has 0 saturated carbocycles. The summed E-state index contributed by atoms with van der Waals surface area (Å²) < 4.78 is 0. The van der Waals surface area contributed by atoms with E-state index in [9.17, 15) is 14.9 Å². The number of piperazine rings is 1. The van der Waals surface area contributed by atoms with Crippen LogP contribution in [-0.2, 0) is 16.1 Å². The summed E-state index contributed by atoms with van der Waals surface area (Å²) in [6.07, 6.45) is 2.29. The van der Waals surface area contributed by atoms with Crippen LogP contribution < -0.4 is 5.73 Å². The molecule has 0 radical (unpaired) electrons.